The highest BCUT2D eigenvalue weighted by atomic mass is 16.5. The van der Waals surface area contributed by atoms with Crippen LogP contribution in [0.1, 0.15) is 37.4 Å². The number of carbonyl (C=O) groups excluding carboxylic acids is 2. The fourth-order valence-electron chi connectivity index (χ4n) is 3.78. The SMILES string of the molecule is COCCN1CC(C(=O)Nc2c(C(C)C)c(C)nc3ccccc23)CC1=O. The standard InChI is InChI=1S/C21H27N3O3/c1-13(2)19-14(3)22-17-8-6-5-7-16(17)20(19)23-21(26)15-11-18(25)24(12-15)9-10-27-4/h5-8,13,15H,9-12H2,1-4H3,(H,22,23,26). The molecule has 0 aliphatic carbocycles. The number of fused-ring (bicyclic) bond motifs is 1. The van der Waals surface area contributed by atoms with Crippen molar-refractivity contribution in [3.8, 4) is 0 Å². The number of nitrogens with one attached hydrogen (secondary N) is 1. The topological polar surface area (TPSA) is 71.5 Å². The predicted octanol–water partition coefficient (Wildman–Crippen LogP) is 3.10. The van der Waals surface area contributed by atoms with Crippen molar-refractivity contribution in [1.29, 1.82) is 0 Å². The Labute approximate surface area is 159 Å². The van der Waals surface area contributed by atoms with Crippen molar-refractivity contribution in [2.75, 3.05) is 32.1 Å². The van der Waals surface area contributed by atoms with E-state index in [2.05, 4.69) is 19.2 Å². The van der Waals surface area contributed by atoms with Crippen molar-refractivity contribution < 1.29 is 14.3 Å². The number of rotatable bonds is 6. The number of anilines is 1. The van der Waals surface area contributed by atoms with Crippen molar-refractivity contribution in [1.82, 2.24) is 9.88 Å². The molecule has 0 radical (unpaired) electrons. The third-order valence-electron chi connectivity index (χ3n) is 5.10. The fraction of sp³-hybridized carbons (Fsp3) is 0.476. The maximum atomic E-state index is 13.0. The summed E-state index contributed by atoms with van der Waals surface area (Å²) in [7, 11) is 1.61. The first-order valence-corrected chi connectivity index (χ1v) is 9.39. The van der Waals surface area contributed by atoms with E-state index in [0.29, 0.717) is 19.7 Å². The predicted molar refractivity (Wildman–Crippen MR) is 106 cm³/mol. The Balaban J connectivity index is 1.89. The van der Waals surface area contributed by atoms with E-state index in [1.54, 1.807) is 12.0 Å². The minimum atomic E-state index is -0.346. The Bertz CT molecular complexity index is 863. The normalized spacial score (nSPS) is 17.1. The average molecular weight is 369 g/mol. The van der Waals surface area contributed by atoms with Crippen LogP contribution in [0.2, 0.25) is 0 Å². The second-order valence-corrected chi connectivity index (χ2v) is 7.38. The van der Waals surface area contributed by atoms with Gasteiger partial charge in [-0.2, -0.15) is 0 Å². The number of nitrogens with zero attached hydrogens (tertiary/aromatic N) is 2. The van der Waals surface area contributed by atoms with E-state index >= 15 is 0 Å². The Morgan fingerprint density at radius 2 is 2.11 bits per heavy atom. The van der Waals surface area contributed by atoms with Gasteiger partial charge in [-0.25, -0.2) is 0 Å². The summed E-state index contributed by atoms with van der Waals surface area (Å²) >= 11 is 0. The fourth-order valence-corrected chi connectivity index (χ4v) is 3.78. The molecule has 1 N–H and O–H groups in total. The highest BCUT2D eigenvalue weighted by Crippen LogP contribution is 2.34. The molecular formula is C21H27N3O3. The number of likely N-dealkylation sites (tertiary alicyclic amines) is 1. The van der Waals surface area contributed by atoms with Gasteiger partial charge >= 0.3 is 0 Å². The lowest BCUT2D eigenvalue weighted by Crippen LogP contribution is -2.31. The number of carbonyl (C=O) groups is 2. The van der Waals surface area contributed by atoms with Crippen molar-refractivity contribution in [3.05, 3.63) is 35.5 Å². The summed E-state index contributed by atoms with van der Waals surface area (Å²) in [5, 5.41) is 4.06. The zero-order valence-corrected chi connectivity index (χ0v) is 16.4. The summed E-state index contributed by atoms with van der Waals surface area (Å²) in [6.07, 6.45) is 0.245. The number of aromatic nitrogens is 1. The molecule has 6 heteroatoms. The quantitative estimate of drug-likeness (QED) is 0.849. The minimum absolute atomic E-state index is 0.00653. The van der Waals surface area contributed by atoms with Gasteiger partial charge in [0.15, 0.2) is 0 Å². The zero-order valence-electron chi connectivity index (χ0n) is 16.4. The highest BCUT2D eigenvalue weighted by Gasteiger charge is 2.34. The van der Waals surface area contributed by atoms with Gasteiger partial charge in [0.05, 0.1) is 23.7 Å². The van der Waals surface area contributed by atoms with Gasteiger partial charge in [0, 0.05) is 43.3 Å². The smallest absolute Gasteiger partial charge is 0.229 e. The first kappa shape index (κ1) is 19.3. The van der Waals surface area contributed by atoms with Crippen molar-refractivity contribution in [2.24, 2.45) is 5.92 Å². The van der Waals surface area contributed by atoms with E-state index in [1.165, 1.54) is 0 Å². The van der Waals surface area contributed by atoms with Crippen LogP contribution < -0.4 is 5.32 Å². The third kappa shape index (κ3) is 3.95. The third-order valence-corrected chi connectivity index (χ3v) is 5.10. The molecule has 0 saturated carbocycles. The molecule has 1 aliphatic heterocycles. The van der Waals surface area contributed by atoms with Crippen LogP contribution in [0.4, 0.5) is 5.69 Å². The summed E-state index contributed by atoms with van der Waals surface area (Å²) in [6, 6.07) is 7.82. The number of methoxy groups -OCH3 is 1. The van der Waals surface area contributed by atoms with Crippen LogP contribution in [-0.2, 0) is 14.3 Å². The van der Waals surface area contributed by atoms with Crippen LogP contribution >= 0.6 is 0 Å². The van der Waals surface area contributed by atoms with E-state index in [4.69, 9.17) is 9.72 Å². The van der Waals surface area contributed by atoms with E-state index < -0.39 is 0 Å². The largest absolute Gasteiger partial charge is 0.383 e. The number of pyridine rings is 1. The molecule has 1 unspecified atom stereocenters. The van der Waals surface area contributed by atoms with Gasteiger partial charge in [-0.3, -0.25) is 14.6 Å². The Morgan fingerprint density at radius 1 is 1.37 bits per heavy atom. The maximum absolute atomic E-state index is 13.0. The number of aryl methyl sites for hydroxylation is 1. The lowest BCUT2D eigenvalue weighted by Gasteiger charge is -2.20. The molecule has 2 aromatic rings. The highest BCUT2D eigenvalue weighted by molar-refractivity contribution is 6.05. The van der Waals surface area contributed by atoms with Crippen LogP contribution in [0.25, 0.3) is 10.9 Å². The number of para-hydroxylation sites is 1. The monoisotopic (exact) mass is 369 g/mol. The summed E-state index contributed by atoms with van der Waals surface area (Å²) in [5.41, 5.74) is 3.64. The molecule has 27 heavy (non-hydrogen) atoms. The summed E-state index contributed by atoms with van der Waals surface area (Å²) in [4.78, 5) is 31.5. The number of hydrogen-bond donors (Lipinski definition) is 1. The van der Waals surface area contributed by atoms with Gasteiger partial charge in [-0.05, 0) is 18.9 Å². The molecule has 1 aromatic carbocycles. The Kier molecular flexibility index (Phi) is 5.75. The van der Waals surface area contributed by atoms with Crippen molar-refractivity contribution in [2.45, 2.75) is 33.1 Å². The van der Waals surface area contributed by atoms with E-state index in [9.17, 15) is 9.59 Å². The van der Waals surface area contributed by atoms with Gasteiger partial charge in [0.25, 0.3) is 0 Å². The van der Waals surface area contributed by atoms with Crippen LogP contribution in [0.5, 0.6) is 0 Å². The zero-order chi connectivity index (χ0) is 19.6. The molecule has 1 aromatic heterocycles. The molecule has 1 atom stereocenters. The van der Waals surface area contributed by atoms with E-state index in [-0.39, 0.29) is 30.1 Å². The Hall–Kier alpha value is -2.47. The first-order valence-electron chi connectivity index (χ1n) is 9.39. The molecule has 0 spiro atoms. The lowest BCUT2D eigenvalue weighted by molar-refractivity contribution is -0.128. The van der Waals surface area contributed by atoms with Crippen LogP contribution in [0.15, 0.2) is 24.3 Å². The molecule has 2 amide bonds. The molecule has 1 aliphatic rings. The Morgan fingerprint density at radius 3 is 2.81 bits per heavy atom. The molecule has 144 valence electrons. The van der Waals surface area contributed by atoms with Gasteiger partial charge in [0.1, 0.15) is 0 Å². The van der Waals surface area contributed by atoms with Crippen molar-refractivity contribution in [3.63, 3.8) is 0 Å². The summed E-state index contributed by atoms with van der Waals surface area (Å²) in [5.74, 6) is -0.226. The second kappa shape index (κ2) is 8.05. The summed E-state index contributed by atoms with van der Waals surface area (Å²) < 4.78 is 5.05. The van der Waals surface area contributed by atoms with Gasteiger partial charge < -0.3 is 15.0 Å². The number of amides is 2. The molecule has 6 nitrogen and oxygen atoms in total. The van der Waals surface area contributed by atoms with Gasteiger partial charge in [-0.15, -0.1) is 0 Å². The average Bonchev–Trinajstić information content (AvgIpc) is 3.00. The van der Waals surface area contributed by atoms with Crippen LogP contribution in [0, 0.1) is 12.8 Å². The van der Waals surface area contributed by atoms with E-state index in [0.717, 1.165) is 27.8 Å². The number of hydrogen-bond acceptors (Lipinski definition) is 4. The van der Waals surface area contributed by atoms with E-state index in [1.807, 2.05) is 31.2 Å². The molecule has 2 heterocycles. The number of ether oxygens (including phenoxy) is 1. The number of benzene rings is 1. The second-order valence-electron chi connectivity index (χ2n) is 7.38. The molecule has 3 rings (SSSR count). The molecular weight excluding hydrogens is 342 g/mol. The van der Waals surface area contributed by atoms with Crippen LogP contribution in [-0.4, -0.2) is 48.5 Å². The molecule has 1 fully saturated rings. The van der Waals surface area contributed by atoms with Crippen LogP contribution in [0.3, 0.4) is 0 Å². The minimum Gasteiger partial charge on any atom is -0.383 e. The van der Waals surface area contributed by atoms with Gasteiger partial charge in [-0.1, -0.05) is 32.0 Å². The van der Waals surface area contributed by atoms with Crippen molar-refractivity contribution >= 4 is 28.4 Å². The maximum Gasteiger partial charge on any atom is 0.229 e. The van der Waals surface area contributed by atoms with Gasteiger partial charge in [0.2, 0.25) is 11.8 Å². The first-order chi connectivity index (χ1) is 12.9. The molecule has 1 saturated heterocycles. The molecule has 0 bridgehead atoms. The summed E-state index contributed by atoms with van der Waals surface area (Å²) in [6.45, 7) is 7.61. The lowest BCUT2D eigenvalue weighted by atomic mass is 9.96.